The third kappa shape index (κ3) is 3.90. The predicted octanol–water partition coefficient (Wildman–Crippen LogP) is 2.94. The number of piperidine rings is 1. The molecule has 4 nitrogen and oxygen atoms in total. The summed E-state index contributed by atoms with van der Waals surface area (Å²) in [4.78, 5) is 14.5. The average Bonchev–Trinajstić information content (AvgIpc) is 3.35. The van der Waals surface area contributed by atoms with Gasteiger partial charge in [0.1, 0.15) is 5.82 Å². The lowest BCUT2D eigenvalue weighted by Gasteiger charge is -2.32. The van der Waals surface area contributed by atoms with Crippen molar-refractivity contribution >= 4 is 17.5 Å². The van der Waals surface area contributed by atoms with Crippen molar-refractivity contribution in [3.05, 3.63) is 34.6 Å². The minimum absolute atomic E-state index is 0.0790. The Bertz CT molecular complexity index is 570. The van der Waals surface area contributed by atoms with Crippen molar-refractivity contribution in [2.24, 2.45) is 11.7 Å². The van der Waals surface area contributed by atoms with Crippen LogP contribution in [0.2, 0.25) is 5.02 Å². The summed E-state index contributed by atoms with van der Waals surface area (Å²) in [5.74, 6) is -0.395. The maximum Gasteiger partial charge on any atom is 0.226 e. The van der Waals surface area contributed by atoms with Crippen LogP contribution in [0.1, 0.15) is 37.2 Å². The Labute approximate surface area is 147 Å². The van der Waals surface area contributed by atoms with Crippen LogP contribution in [0.25, 0.3) is 0 Å². The number of carbonyl (C=O) groups is 1. The SMILES string of the molecule is NCCCOC1CCN(C(=O)C2CC2c2c(F)cccc2Cl)CC1. The summed E-state index contributed by atoms with van der Waals surface area (Å²) >= 11 is 6.11. The van der Waals surface area contributed by atoms with E-state index in [0.29, 0.717) is 43.2 Å². The highest BCUT2D eigenvalue weighted by Crippen LogP contribution is 2.51. The van der Waals surface area contributed by atoms with Gasteiger partial charge in [-0.15, -0.1) is 0 Å². The monoisotopic (exact) mass is 354 g/mol. The van der Waals surface area contributed by atoms with E-state index >= 15 is 0 Å². The van der Waals surface area contributed by atoms with Crippen molar-refractivity contribution in [2.45, 2.75) is 37.7 Å². The van der Waals surface area contributed by atoms with E-state index in [9.17, 15) is 9.18 Å². The Kier molecular flexibility index (Phi) is 5.74. The molecule has 0 spiro atoms. The minimum Gasteiger partial charge on any atom is -0.378 e. The number of hydrogen-bond acceptors (Lipinski definition) is 3. The maximum atomic E-state index is 14.0. The molecule has 132 valence electrons. The van der Waals surface area contributed by atoms with E-state index in [-0.39, 0.29) is 29.7 Å². The molecule has 1 aliphatic carbocycles. The molecule has 1 saturated carbocycles. The Morgan fingerprint density at radius 1 is 1.38 bits per heavy atom. The highest BCUT2D eigenvalue weighted by atomic mass is 35.5. The van der Waals surface area contributed by atoms with Gasteiger partial charge >= 0.3 is 0 Å². The molecule has 1 aromatic rings. The van der Waals surface area contributed by atoms with E-state index in [1.165, 1.54) is 6.07 Å². The van der Waals surface area contributed by atoms with Crippen LogP contribution in [-0.4, -0.2) is 43.2 Å². The molecule has 1 saturated heterocycles. The second-order valence-corrected chi connectivity index (χ2v) is 7.03. The first-order valence-corrected chi connectivity index (χ1v) is 9.04. The Morgan fingerprint density at radius 2 is 2.12 bits per heavy atom. The zero-order chi connectivity index (χ0) is 17.1. The summed E-state index contributed by atoms with van der Waals surface area (Å²) in [6, 6.07) is 4.69. The van der Waals surface area contributed by atoms with Crippen molar-refractivity contribution in [3.63, 3.8) is 0 Å². The molecule has 24 heavy (non-hydrogen) atoms. The lowest BCUT2D eigenvalue weighted by Crippen LogP contribution is -2.42. The minimum atomic E-state index is -0.310. The van der Waals surface area contributed by atoms with Crippen LogP contribution >= 0.6 is 11.6 Å². The Balaban J connectivity index is 1.51. The molecule has 0 aromatic heterocycles. The van der Waals surface area contributed by atoms with Gasteiger partial charge in [0.25, 0.3) is 0 Å². The molecule has 0 bridgehead atoms. The Hall–Kier alpha value is -1.17. The van der Waals surface area contributed by atoms with E-state index in [1.54, 1.807) is 12.1 Å². The third-order valence-electron chi connectivity index (χ3n) is 4.93. The van der Waals surface area contributed by atoms with E-state index in [4.69, 9.17) is 22.1 Å². The van der Waals surface area contributed by atoms with Crippen molar-refractivity contribution in [2.75, 3.05) is 26.2 Å². The number of benzene rings is 1. The van der Waals surface area contributed by atoms with Gasteiger partial charge in [-0.25, -0.2) is 4.39 Å². The van der Waals surface area contributed by atoms with Gasteiger partial charge in [0, 0.05) is 42.1 Å². The number of rotatable bonds is 6. The van der Waals surface area contributed by atoms with Gasteiger partial charge in [-0.1, -0.05) is 17.7 Å². The molecule has 2 aliphatic rings. The maximum absolute atomic E-state index is 14.0. The van der Waals surface area contributed by atoms with Gasteiger partial charge in [-0.2, -0.15) is 0 Å². The smallest absolute Gasteiger partial charge is 0.226 e. The third-order valence-corrected chi connectivity index (χ3v) is 5.26. The summed E-state index contributed by atoms with van der Waals surface area (Å²) in [7, 11) is 0. The quantitative estimate of drug-likeness (QED) is 0.799. The number of carbonyl (C=O) groups excluding carboxylic acids is 1. The molecule has 1 aliphatic heterocycles. The van der Waals surface area contributed by atoms with Crippen LogP contribution in [0.5, 0.6) is 0 Å². The fourth-order valence-electron chi connectivity index (χ4n) is 3.46. The van der Waals surface area contributed by atoms with E-state index < -0.39 is 0 Å². The standard InChI is InChI=1S/C18H24ClFN2O2/c19-15-3-1-4-16(20)17(15)13-11-14(13)18(23)22-8-5-12(6-9-22)24-10-2-7-21/h1,3-4,12-14H,2,5-11,21H2. The first-order chi connectivity index (χ1) is 11.6. The topological polar surface area (TPSA) is 55.6 Å². The van der Waals surface area contributed by atoms with Crippen LogP contribution in [0, 0.1) is 11.7 Å². The summed E-state index contributed by atoms with van der Waals surface area (Å²) in [5.41, 5.74) is 5.96. The van der Waals surface area contributed by atoms with Gasteiger partial charge in [0.15, 0.2) is 0 Å². The molecule has 2 N–H and O–H groups in total. The number of nitrogens with two attached hydrogens (primary N) is 1. The molecule has 1 amide bonds. The molecule has 2 atom stereocenters. The predicted molar refractivity (Wildman–Crippen MR) is 91.5 cm³/mol. The zero-order valence-electron chi connectivity index (χ0n) is 13.7. The first kappa shape index (κ1) is 17.6. The molecule has 2 fully saturated rings. The van der Waals surface area contributed by atoms with Crippen LogP contribution in [0.4, 0.5) is 4.39 Å². The van der Waals surface area contributed by atoms with E-state index in [0.717, 1.165) is 19.3 Å². The molecule has 6 heteroatoms. The summed E-state index contributed by atoms with van der Waals surface area (Å²) in [6.45, 7) is 2.74. The van der Waals surface area contributed by atoms with E-state index in [2.05, 4.69) is 0 Å². The Morgan fingerprint density at radius 3 is 2.79 bits per heavy atom. The highest BCUT2D eigenvalue weighted by molar-refractivity contribution is 6.31. The lowest BCUT2D eigenvalue weighted by atomic mass is 10.1. The number of ether oxygens (including phenoxy) is 1. The van der Waals surface area contributed by atoms with Gasteiger partial charge in [-0.05, 0) is 44.4 Å². The van der Waals surface area contributed by atoms with Crippen LogP contribution in [-0.2, 0) is 9.53 Å². The molecule has 1 aromatic carbocycles. The second-order valence-electron chi connectivity index (χ2n) is 6.62. The summed E-state index contributed by atoms with van der Waals surface area (Å²) in [6.07, 6.45) is 3.48. The van der Waals surface area contributed by atoms with Crippen LogP contribution in [0.15, 0.2) is 18.2 Å². The number of hydrogen-bond donors (Lipinski definition) is 1. The average molecular weight is 355 g/mol. The van der Waals surface area contributed by atoms with Crippen LogP contribution in [0.3, 0.4) is 0 Å². The normalized spacial score (nSPS) is 24.2. The van der Waals surface area contributed by atoms with Gasteiger partial charge < -0.3 is 15.4 Å². The first-order valence-electron chi connectivity index (χ1n) is 8.66. The van der Waals surface area contributed by atoms with Crippen molar-refractivity contribution in [1.29, 1.82) is 0 Å². The summed E-state index contributed by atoms with van der Waals surface area (Å²) in [5, 5.41) is 0.419. The second kappa shape index (κ2) is 7.81. The fraction of sp³-hybridized carbons (Fsp3) is 0.611. The van der Waals surface area contributed by atoms with Crippen molar-refractivity contribution in [3.8, 4) is 0 Å². The molecular formula is C18H24ClFN2O2. The molecular weight excluding hydrogens is 331 g/mol. The molecule has 2 unspecified atom stereocenters. The molecule has 0 radical (unpaired) electrons. The molecule has 3 rings (SSSR count). The van der Waals surface area contributed by atoms with Crippen LogP contribution < -0.4 is 5.73 Å². The van der Waals surface area contributed by atoms with E-state index in [1.807, 2.05) is 4.90 Å². The highest BCUT2D eigenvalue weighted by Gasteiger charge is 2.48. The number of halogens is 2. The number of nitrogens with zero attached hydrogens (tertiary/aromatic N) is 1. The fourth-order valence-corrected chi connectivity index (χ4v) is 3.77. The van der Waals surface area contributed by atoms with Gasteiger partial charge in [0.05, 0.1) is 6.10 Å². The van der Waals surface area contributed by atoms with Gasteiger partial charge in [-0.3, -0.25) is 4.79 Å². The van der Waals surface area contributed by atoms with Crippen molar-refractivity contribution in [1.82, 2.24) is 4.90 Å². The lowest BCUT2D eigenvalue weighted by molar-refractivity contribution is -0.135. The van der Waals surface area contributed by atoms with Gasteiger partial charge in [0.2, 0.25) is 5.91 Å². The largest absolute Gasteiger partial charge is 0.378 e. The zero-order valence-corrected chi connectivity index (χ0v) is 14.5. The summed E-state index contributed by atoms with van der Waals surface area (Å²) < 4.78 is 19.7. The number of amides is 1. The number of likely N-dealkylation sites (tertiary alicyclic amines) is 1. The molecule has 1 heterocycles. The van der Waals surface area contributed by atoms with Crippen molar-refractivity contribution < 1.29 is 13.9 Å².